The van der Waals surface area contributed by atoms with Crippen LogP contribution in [0.15, 0.2) is 64.6 Å². The van der Waals surface area contributed by atoms with Gasteiger partial charge in [0.2, 0.25) is 0 Å². The molecule has 0 spiro atoms. The van der Waals surface area contributed by atoms with Gasteiger partial charge >= 0.3 is 0 Å². The zero-order valence-corrected chi connectivity index (χ0v) is 23.1. The number of aryl methyl sites for hydroxylation is 2. The van der Waals surface area contributed by atoms with Gasteiger partial charge in [-0.2, -0.15) is 5.26 Å². The first-order chi connectivity index (χ1) is 18.2. The highest BCUT2D eigenvalue weighted by Gasteiger charge is 2.16. The van der Waals surface area contributed by atoms with E-state index >= 15 is 0 Å². The average Bonchev–Trinajstić information content (AvgIpc) is 2.89. The number of nitrogens with zero attached hydrogens (tertiary/aromatic N) is 1. The number of nitrogens with one attached hydrogen (secondary N) is 2. The number of anilines is 2. The van der Waals surface area contributed by atoms with Crippen molar-refractivity contribution in [2.75, 3.05) is 31.0 Å². The van der Waals surface area contributed by atoms with Crippen LogP contribution in [-0.4, -0.2) is 32.1 Å². The Labute approximate surface area is 230 Å². The monoisotopic (exact) mass is 577 g/mol. The van der Waals surface area contributed by atoms with Gasteiger partial charge in [-0.3, -0.25) is 9.59 Å². The van der Waals surface area contributed by atoms with Crippen LogP contribution in [0, 0.1) is 25.2 Å². The van der Waals surface area contributed by atoms with Crippen LogP contribution in [0.5, 0.6) is 17.2 Å². The fraction of sp³-hybridized carbons (Fsp3) is 0.207. The number of nitriles is 1. The third-order valence-electron chi connectivity index (χ3n) is 5.49. The number of amides is 2. The molecule has 38 heavy (non-hydrogen) atoms. The van der Waals surface area contributed by atoms with Gasteiger partial charge in [-0.25, -0.2) is 0 Å². The lowest BCUT2D eigenvalue weighted by molar-refractivity contribution is -0.118. The summed E-state index contributed by atoms with van der Waals surface area (Å²) in [4.78, 5) is 25.2. The summed E-state index contributed by atoms with van der Waals surface area (Å²) in [5, 5.41) is 15.1. The molecular formula is C29H28BrN3O5. The Bertz CT molecular complexity index is 1390. The van der Waals surface area contributed by atoms with Crippen LogP contribution in [0.1, 0.15) is 23.6 Å². The summed E-state index contributed by atoms with van der Waals surface area (Å²) in [7, 11) is 1.55. The summed E-state index contributed by atoms with van der Waals surface area (Å²) in [5.74, 6) is 0.460. The molecule has 0 aliphatic rings. The number of carbonyl (C=O) groups is 2. The molecule has 0 aliphatic carbocycles. The number of methoxy groups -OCH3 is 1. The highest BCUT2D eigenvalue weighted by Crippen LogP contribution is 2.37. The third-order valence-corrected chi connectivity index (χ3v) is 6.08. The molecule has 2 N–H and O–H groups in total. The zero-order valence-electron chi connectivity index (χ0n) is 21.6. The Morgan fingerprint density at radius 2 is 1.68 bits per heavy atom. The molecule has 2 amide bonds. The van der Waals surface area contributed by atoms with Crippen molar-refractivity contribution in [3.63, 3.8) is 0 Å². The fourth-order valence-electron chi connectivity index (χ4n) is 3.42. The molecule has 9 heteroatoms. The Hall–Kier alpha value is -4.29. The first-order valence-electron chi connectivity index (χ1n) is 11.8. The minimum absolute atomic E-state index is 0.100. The first-order valence-corrected chi connectivity index (χ1v) is 12.6. The van der Waals surface area contributed by atoms with Gasteiger partial charge in [0.1, 0.15) is 17.4 Å². The Morgan fingerprint density at radius 3 is 2.32 bits per heavy atom. The van der Waals surface area contributed by atoms with Crippen molar-refractivity contribution in [1.29, 1.82) is 5.26 Å². The smallest absolute Gasteiger partial charge is 0.266 e. The maximum atomic E-state index is 12.7. The molecular weight excluding hydrogens is 550 g/mol. The molecule has 0 saturated carbocycles. The zero-order chi connectivity index (χ0) is 27.7. The van der Waals surface area contributed by atoms with Gasteiger partial charge in [-0.05, 0) is 108 Å². The van der Waals surface area contributed by atoms with Crippen molar-refractivity contribution < 1.29 is 23.8 Å². The van der Waals surface area contributed by atoms with Crippen molar-refractivity contribution in [3.05, 3.63) is 81.3 Å². The Balaban J connectivity index is 1.75. The van der Waals surface area contributed by atoms with Crippen LogP contribution in [0.3, 0.4) is 0 Å². The summed E-state index contributed by atoms with van der Waals surface area (Å²) in [6.07, 6.45) is 1.45. The van der Waals surface area contributed by atoms with Crippen molar-refractivity contribution in [2.45, 2.75) is 20.8 Å². The molecule has 0 radical (unpaired) electrons. The summed E-state index contributed by atoms with van der Waals surface area (Å²) in [5.41, 5.74) is 3.85. The van der Waals surface area contributed by atoms with Crippen LogP contribution < -0.4 is 24.8 Å². The van der Waals surface area contributed by atoms with E-state index in [-0.39, 0.29) is 18.1 Å². The van der Waals surface area contributed by atoms with E-state index in [1.165, 1.54) is 6.08 Å². The predicted octanol–water partition coefficient (Wildman–Crippen LogP) is 6.04. The number of benzene rings is 3. The topological polar surface area (TPSA) is 110 Å². The van der Waals surface area contributed by atoms with Crippen molar-refractivity contribution in [1.82, 2.24) is 0 Å². The largest absolute Gasteiger partial charge is 0.497 e. The lowest BCUT2D eigenvalue weighted by atomic mass is 10.1. The quantitative estimate of drug-likeness (QED) is 0.224. The van der Waals surface area contributed by atoms with Gasteiger partial charge in [0.25, 0.3) is 11.8 Å². The molecule has 3 aromatic rings. The molecule has 0 bridgehead atoms. The Morgan fingerprint density at radius 1 is 0.974 bits per heavy atom. The first kappa shape index (κ1) is 28.3. The number of carbonyl (C=O) groups excluding carboxylic acids is 2. The number of halogens is 1. The summed E-state index contributed by atoms with van der Waals surface area (Å²) < 4.78 is 17.1. The molecule has 8 nitrogen and oxygen atoms in total. The van der Waals surface area contributed by atoms with Crippen LogP contribution in [0.4, 0.5) is 11.4 Å². The number of ether oxygens (including phenoxy) is 3. The maximum Gasteiger partial charge on any atom is 0.266 e. The molecule has 3 aromatic carbocycles. The lowest BCUT2D eigenvalue weighted by Crippen LogP contribution is -2.20. The van der Waals surface area contributed by atoms with Gasteiger partial charge < -0.3 is 24.8 Å². The molecule has 0 heterocycles. The third kappa shape index (κ3) is 7.60. The number of hydrogen-bond donors (Lipinski definition) is 2. The molecule has 3 rings (SSSR count). The van der Waals surface area contributed by atoms with E-state index < -0.39 is 5.91 Å². The summed E-state index contributed by atoms with van der Waals surface area (Å²) in [6.45, 7) is 5.89. The van der Waals surface area contributed by atoms with E-state index in [0.29, 0.717) is 45.3 Å². The highest BCUT2D eigenvalue weighted by molar-refractivity contribution is 9.10. The van der Waals surface area contributed by atoms with Crippen LogP contribution in [0.25, 0.3) is 6.08 Å². The standard InChI is InChI=1S/C29H28BrN3O5/c1-5-37-26-15-20(13-21(16-31)29(35)33-22-8-10-24(36-4)11-9-22)14-25(30)28(26)38-17-27(34)32-23-7-6-18(2)19(3)12-23/h6-15H,5,17H2,1-4H3,(H,32,34)(H,33,35)/b21-13-. The molecule has 0 aromatic heterocycles. The minimum atomic E-state index is -0.560. The molecule has 0 aliphatic heterocycles. The molecule has 196 valence electrons. The van der Waals surface area contributed by atoms with Crippen LogP contribution in [-0.2, 0) is 9.59 Å². The second kappa shape index (κ2) is 13.3. The Kier molecular flexibility index (Phi) is 9.91. The van der Waals surface area contributed by atoms with Crippen LogP contribution >= 0.6 is 15.9 Å². The van der Waals surface area contributed by atoms with Crippen molar-refractivity contribution >= 4 is 45.2 Å². The lowest BCUT2D eigenvalue weighted by Gasteiger charge is -2.15. The van der Waals surface area contributed by atoms with Gasteiger partial charge in [0.15, 0.2) is 18.1 Å². The van der Waals surface area contributed by atoms with E-state index in [2.05, 4.69) is 26.6 Å². The predicted molar refractivity (Wildman–Crippen MR) is 151 cm³/mol. The fourth-order valence-corrected chi connectivity index (χ4v) is 3.99. The average molecular weight is 578 g/mol. The molecule has 0 saturated heterocycles. The van der Waals surface area contributed by atoms with E-state index in [0.717, 1.165) is 11.1 Å². The number of rotatable bonds is 10. The van der Waals surface area contributed by atoms with E-state index in [4.69, 9.17) is 14.2 Å². The van der Waals surface area contributed by atoms with Gasteiger partial charge in [0, 0.05) is 11.4 Å². The number of hydrogen-bond acceptors (Lipinski definition) is 6. The van der Waals surface area contributed by atoms with E-state index in [1.807, 2.05) is 45.0 Å². The van der Waals surface area contributed by atoms with E-state index in [1.54, 1.807) is 43.5 Å². The molecule has 0 unspecified atom stereocenters. The van der Waals surface area contributed by atoms with Crippen molar-refractivity contribution in [3.8, 4) is 23.3 Å². The van der Waals surface area contributed by atoms with Gasteiger partial charge in [-0.15, -0.1) is 0 Å². The van der Waals surface area contributed by atoms with Crippen LogP contribution in [0.2, 0.25) is 0 Å². The minimum Gasteiger partial charge on any atom is -0.497 e. The van der Waals surface area contributed by atoms with Gasteiger partial charge in [0.05, 0.1) is 18.2 Å². The molecule has 0 fully saturated rings. The summed E-state index contributed by atoms with van der Waals surface area (Å²) >= 11 is 3.46. The van der Waals surface area contributed by atoms with Gasteiger partial charge in [-0.1, -0.05) is 6.07 Å². The van der Waals surface area contributed by atoms with E-state index in [9.17, 15) is 14.9 Å². The normalized spacial score (nSPS) is 10.8. The second-order valence-electron chi connectivity index (χ2n) is 8.25. The highest BCUT2D eigenvalue weighted by atomic mass is 79.9. The maximum absolute atomic E-state index is 12.7. The molecule has 0 atom stereocenters. The van der Waals surface area contributed by atoms with Crippen molar-refractivity contribution in [2.24, 2.45) is 0 Å². The SMILES string of the molecule is CCOc1cc(/C=C(/C#N)C(=O)Nc2ccc(OC)cc2)cc(Br)c1OCC(=O)Nc1ccc(C)c(C)c1. The summed E-state index contributed by atoms with van der Waals surface area (Å²) in [6, 6.07) is 17.7. The second-order valence-corrected chi connectivity index (χ2v) is 9.11.